The van der Waals surface area contributed by atoms with Gasteiger partial charge in [-0.1, -0.05) is 31.9 Å². The standard InChI is InChI=1S/C12H17ClN2O2/c1-3-7(2)6-15-11-9(12(16)17)4-8(14)5-10(11)13/h4-5,7,15H,3,6,14H2,1-2H3,(H,16,17). The van der Waals surface area contributed by atoms with Crippen molar-refractivity contribution in [2.24, 2.45) is 5.92 Å². The van der Waals surface area contributed by atoms with E-state index >= 15 is 0 Å². The zero-order chi connectivity index (χ0) is 13.0. The molecule has 0 amide bonds. The fourth-order valence-corrected chi connectivity index (χ4v) is 1.69. The van der Waals surface area contributed by atoms with Crippen molar-refractivity contribution in [1.82, 2.24) is 0 Å². The van der Waals surface area contributed by atoms with Gasteiger partial charge in [-0.3, -0.25) is 0 Å². The van der Waals surface area contributed by atoms with Gasteiger partial charge in [0.25, 0.3) is 0 Å². The molecule has 0 radical (unpaired) electrons. The van der Waals surface area contributed by atoms with Crippen molar-refractivity contribution in [1.29, 1.82) is 0 Å². The third kappa shape index (κ3) is 3.53. The SMILES string of the molecule is CCC(C)CNc1c(Cl)cc(N)cc1C(=O)O. The van der Waals surface area contributed by atoms with Crippen molar-refractivity contribution < 1.29 is 9.90 Å². The molecule has 5 heteroatoms. The summed E-state index contributed by atoms with van der Waals surface area (Å²) >= 11 is 6.00. The van der Waals surface area contributed by atoms with E-state index in [1.54, 1.807) is 6.07 Å². The minimum absolute atomic E-state index is 0.110. The van der Waals surface area contributed by atoms with Gasteiger partial charge in [0.2, 0.25) is 0 Å². The second-order valence-corrected chi connectivity index (χ2v) is 4.53. The van der Waals surface area contributed by atoms with E-state index in [-0.39, 0.29) is 5.56 Å². The number of aromatic carboxylic acids is 1. The Morgan fingerprint density at radius 2 is 2.24 bits per heavy atom. The fraction of sp³-hybridized carbons (Fsp3) is 0.417. The quantitative estimate of drug-likeness (QED) is 0.708. The maximum absolute atomic E-state index is 11.1. The van der Waals surface area contributed by atoms with Crippen LogP contribution in [0.1, 0.15) is 30.6 Å². The van der Waals surface area contributed by atoms with Crippen LogP contribution in [0.25, 0.3) is 0 Å². The van der Waals surface area contributed by atoms with Crippen LogP contribution in [0.2, 0.25) is 5.02 Å². The van der Waals surface area contributed by atoms with E-state index in [4.69, 9.17) is 22.4 Å². The monoisotopic (exact) mass is 256 g/mol. The highest BCUT2D eigenvalue weighted by Crippen LogP contribution is 2.29. The maximum atomic E-state index is 11.1. The van der Waals surface area contributed by atoms with Crippen LogP contribution < -0.4 is 11.1 Å². The molecule has 0 heterocycles. The van der Waals surface area contributed by atoms with Crippen molar-refractivity contribution in [2.45, 2.75) is 20.3 Å². The van der Waals surface area contributed by atoms with Crippen LogP contribution in [0.15, 0.2) is 12.1 Å². The molecular formula is C12H17ClN2O2. The van der Waals surface area contributed by atoms with E-state index in [2.05, 4.69) is 19.2 Å². The average molecular weight is 257 g/mol. The molecular weight excluding hydrogens is 240 g/mol. The minimum Gasteiger partial charge on any atom is -0.478 e. The second kappa shape index (κ2) is 5.77. The van der Waals surface area contributed by atoms with Crippen LogP contribution >= 0.6 is 11.6 Å². The van der Waals surface area contributed by atoms with E-state index in [0.29, 0.717) is 28.9 Å². The van der Waals surface area contributed by atoms with Crippen molar-refractivity contribution in [3.05, 3.63) is 22.7 Å². The van der Waals surface area contributed by atoms with E-state index in [0.717, 1.165) is 6.42 Å². The van der Waals surface area contributed by atoms with Gasteiger partial charge in [-0.05, 0) is 18.1 Å². The van der Waals surface area contributed by atoms with Crippen molar-refractivity contribution >= 4 is 28.9 Å². The molecule has 0 bridgehead atoms. The Hall–Kier alpha value is -1.42. The number of nitrogens with one attached hydrogen (secondary N) is 1. The molecule has 0 fully saturated rings. The number of carboxylic acid groups (broad SMARTS) is 1. The van der Waals surface area contributed by atoms with E-state index in [1.807, 2.05) is 0 Å². The molecule has 0 spiro atoms. The lowest BCUT2D eigenvalue weighted by atomic mass is 10.1. The Balaban J connectivity index is 3.00. The number of rotatable bonds is 5. The van der Waals surface area contributed by atoms with Crippen LogP contribution in [-0.2, 0) is 0 Å². The predicted octanol–water partition coefficient (Wildman–Crippen LogP) is 3.08. The highest BCUT2D eigenvalue weighted by Gasteiger charge is 2.15. The van der Waals surface area contributed by atoms with Gasteiger partial charge >= 0.3 is 5.97 Å². The van der Waals surface area contributed by atoms with Gasteiger partial charge in [-0.2, -0.15) is 0 Å². The molecule has 0 saturated carbocycles. The third-order valence-corrected chi connectivity index (χ3v) is 2.97. The Morgan fingerprint density at radius 1 is 1.59 bits per heavy atom. The topological polar surface area (TPSA) is 75.3 Å². The van der Waals surface area contributed by atoms with Gasteiger partial charge in [0, 0.05) is 12.2 Å². The fourth-order valence-electron chi connectivity index (χ4n) is 1.40. The molecule has 1 aromatic rings. The first kappa shape index (κ1) is 13.6. The highest BCUT2D eigenvalue weighted by molar-refractivity contribution is 6.34. The number of carboxylic acids is 1. The smallest absolute Gasteiger partial charge is 0.337 e. The first-order chi connectivity index (χ1) is 7.95. The van der Waals surface area contributed by atoms with Gasteiger partial charge in [-0.25, -0.2) is 4.79 Å². The van der Waals surface area contributed by atoms with Crippen LogP contribution in [0.5, 0.6) is 0 Å². The lowest BCUT2D eigenvalue weighted by Gasteiger charge is -2.15. The summed E-state index contributed by atoms with van der Waals surface area (Å²) in [5.41, 5.74) is 6.47. The van der Waals surface area contributed by atoms with Crippen LogP contribution in [0.4, 0.5) is 11.4 Å². The summed E-state index contributed by atoms with van der Waals surface area (Å²) in [7, 11) is 0. The average Bonchev–Trinajstić information content (AvgIpc) is 2.26. The van der Waals surface area contributed by atoms with Gasteiger partial charge < -0.3 is 16.2 Å². The largest absolute Gasteiger partial charge is 0.478 e. The number of anilines is 2. The number of halogens is 1. The molecule has 0 aromatic heterocycles. The van der Waals surface area contributed by atoms with Gasteiger partial charge in [0.15, 0.2) is 0 Å². The lowest BCUT2D eigenvalue weighted by molar-refractivity contribution is 0.0698. The molecule has 0 aliphatic heterocycles. The molecule has 94 valence electrons. The summed E-state index contributed by atoms with van der Waals surface area (Å²) in [5.74, 6) is -0.587. The summed E-state index contributed by atoms with van der Waals surface area (Å²) in [6, 6.07) is 2.96. The first-order valence-corrected chi connectivity index (χ1v) is 5.89. The zero-order valence-corrected chi connectivity index (χ0v) is 10.7. The zero-order valence-electron chi connectivity index (χ0n) is 9.96. The highest BCUT2D eigenvalue weighted by atomic mass is 35.5. The van der Waals surface area contributed by atoms with Gasteiger partial charge in [0.05, 0.1) is 16.3 Å². The van der Waals surface area contributed by atoms with E-state index in [9.17, 15) is 4.79 Å². The Morgan fingerprint density at radius 3 is 2.76 bits per heavy atom. The van der Waals surface area contributed by atoms with E-state index < -0.39 is 5.97 Å². The molecule has 4 nitrogen and oxygen atoms in total. The summed E-state index contributed by atoms with van der Waals surface area (Å²) in [6.45, 7) is 4.84. The van der Waals surface area contributed by atoms with Crippen molar-refractivity contribution in [3.8, 4) is 0 Å². The predicted molar refractivity (Wildman–Crippen MR) is 70.8 cm³/mol. The maximum Gasteiger partial charge on any atom is 0.337 e. The minimum atomic E-state index is -1.04. The number of hydrogen-bond acceptors (Lipinski definition) is 3. The number of carbonyl (C=O) groups is 1. The van der Waals surface area contributed by atoms with Gasteiger partial charge in [-0.15, -0.1) is 0 Å². The summed E-state index contributed by atoms with van der Waals surface area (Å²) in [4.78, 5) is 11.1. The summed E-state index contributed by atoms with van der Waals surface area (Å²) in [5, 5.41) is 12.5. The van der Waals surface area contributed by atoms with E-state index in [1.165, 1.54) is 6.07 Å². The number of nitrogen functional groups attached to an aromatic ring is 1. The van der Waals surface area contributed by atoms with Crippen molar-refractivity contribution in [3.63, 3.8) is 0 Å². The molecule has 1 rings (SSSR count). The Labute approximate surface area is 106 Å². The Kier molecular flexibility index (Phi) is 4.63. The van der Waals surface area contributed by atoms with Crippen molar-refractivity contribution in [2.75, 3.05) is 17.6 Å². The third-order valence-electron chi connectivity index (χ3n) is 2.67. The molecule has 1 aromatic carbocycles. The second-order valence-electron chi connectivity index (χ2n) is 4.12. The summed E-state index contributed by atoms with van der Waals surface area (Å²) < 4.78 is 0. The molecule has 4 N–H and O–H groups in total. The molecule has 0 saturated heterocycles. The number of hydrogen-bond donors (Lipinski definition) is 3. The first-order valence-electron chi connectivity index (χ1n) is 5.51. The number of nitrogens with two attached hydrogens (primary N) is 1. The molecule has 1 unspecified atom stereocenters. The van der Waals surface area contributed by atoms with Crippen LogP contribution in [0.3, 0.4) is 0 Å². The molecule has 17 heavy (non-hydrogen) atoms. The van der Waals surface area contributed by atoms with Crippen LogP contribution in [-0.4, -0.2) is 17.6 Å². The van der Waals surface area contributed by atoms with Crippen LogP contribution in [0, 0.1) is 5.92 Å². The lowest BCUT2D eigenvalue weighted by Crippen LogP contribution is -2.14. The molecule has 0 aliphatic carbocycles. The molecule has 1 atom stereocenters. The van der Waals surface area contributed by atoms with Gasteiger partial charge in [0.1, 0.15) is 0 Å². The molecule has 0 aliphatic rings. The Bertz CT molecular complexity index is 421. The summed E-state index contributed by atoms with van der Waals surface area (Å²) in [6.07, 6.45) is 1.02. The number of benzene rings is 1. The normalized spacial score (nSPS) is 12.2.